The van der Waals surface area contributed by atoms with Crippen LogP contribution >= 0.6 is 0 Å². The van der Waals surface area contributed by atoms with Crippen molar-refractivity contribution in [2.75, 3.05) is 13.7 Å². The number of rotatable bonds is 9. The number of benzene rings is 2. The second-order valence-electron chi connectivity index (χ2n) is 7.01. The highest BCUT2D eigenvalue weighted by Crippen LogP contribution is 2.33. The molecule has 0 bridgehead atoms. The molecule has 3 N–H and O–H groups in total. The smallest absolute Gasteiger partial charge is 0.344 e. The van der Waals surface area contributed by atoms with Gasteiger partial charge in [0.2, 0.25) is 0 Å². The molecule has 1 heterocycles. The van der Waals surface area contributed by atoms with Crippen molar-refractivity contribution in [2.45, 2.75) is 19.4 Å². The Morgan fingerprint density at radius 1 is 1.25 bits per heavy atom. The van der Waals surface area contributed by atoms with Gasteiger partial charge in [0.1, 0.15) is 11.6 Å². The summed E-state index contributed by atoms with van der Waals surface area (Å²) in [7, 11) is 1.42. The molecule has 32 heavy (non-hydrogen) atoms. The van der Waals surface area contributed by atoms with Gasteiger partial charge in [-0.3, -0.25) is 4.79 Å². The SMILES string of the molecule is COc1cccc(/C=C(/C#N)C(=O)NCCc2c[nH]c3ccccc23)c1O[C@@H](C)C(=O)O. The van der Waals surface area contributed by atoms with Gasteiger partial charge in [-0.05, 0) is 37.1 Å². The molecule has 0 aliphatic carbocycles. The van der Waals surface area contributed by atoms with E-state index >= 15 is 0 Å². The largest absolute Gasteiger partial charge is 0.493 e. The van der Waals surface area contributed by atoms with Gasteiger partial charge >= 0.3 is 5.97 Å². The Bertz CT molecular complexity index is 1210. The Morgan fingerprint density at radius 2 is 2.03 bits per heavy atom. The van der Waals surface area contributed by atoms with Gasteiger partial charge < -0.3 is 24.9 Å². The van der Waals surface area contributed by atoms with E-state index in [1.807, 2.05) is 36.5 Å². The standard InChI is InChI=1S/C24H23N3O5/c1-15(24(29)30)32-22-16(6-5-9-21(22)31-2)12-18(13-25)23(28)26-11-10-17-14-27-20-8-4-3-7-19(17)20/h3-9,12,14-15,27H,10-11H2,1-2H3,(H,26,28)(H,29,30)/b18-12-/t15-/m0/s1. The van der Waals surface area contributed by atoms with Crippen LogP contribution in [0.15, 0.2) is 54.2 Å². The molecule has 0 aliphatic rings. The van der Waals surface area contributed by atoms with E-state index in [9.17, 15) is 14.9 Å². The molecule has 8 nitrogen and oxygen atoms in total. The maximum Gasteiger partial charge on any atom is 0.344 e. The van der Waals surface area contributed by atoms with Crippen LogP contribution in [-0.2, 0) is 16.0 Å². The van der Waals surface area contributed by atoms with Crippen molar-refractivity contribution in [3.8, 4) is 17.6 Å². The van der Waals surface area contributed by atoms with E-state index in [0.717, 1.165) is 16.5 Å². The highest BCUT2D eigenvalue weighted by molar-refractivity contribution is 6.02. The molecule has 1 amide bonds. The number of H-pyrrole nitrogens is 1. The number of amides is 1. The van der Waals surface area contributed by atoms with E-state index in [1.165, 1.54) is 20.1 Å². The lowest BCUT2D eigenvalue weighted by molar-refractivity contribution is -0.144. The average Bonchev–Trinajstić information content (AvgIpc) is 3.21. The summed E-state index contributed by atoms with van der Waals surface area (Å²) in [5.41, 5.74) is 2.31. The molecule has 0 fully saturated rings. The Morgan fingerprint density at radius 3 is 2.75 bits per heavy atom. The molecule has 0 aliphatic heterocycles. The molecule has 3 aromatic rings. The third kappa shape index (κ3) is 5.08. The molecular formula is C24H23N3O5. The Kier molecular flexibility index (Phi) is 7.13. The van der Waals surface area contributed by atoms with E-state index in [2.05, 4.69) is 10.3 Å². The summed E-state index contributed by atoms with van der Waals surface area (Å²) in [6.07, 6.45) is 2.71. The number of methoxy groups -OCH3 is 1. The quantitative estimate of drug-likeness (QED) is 0.351. The summed E-state index contributed by atoms with van der Waals surface area (Å²) in [6.45, 7) is 1.72. The number of carbonyl (C=O) groups is 2. The minimum Gasteiger partial charge on any atom is -0.493 e. The molecule has 2 aromatic carbocycles. The fraction of sp³-hybridized carbons (Fsp3) is 0.208. The maximum atomic E-state index is 12.6. The summed E-state index contributed by atoms with van der Waals surface area (Å²) in [4.78, 5) is 27.0. The van der Waals surface area contributed by atoms with E-state index in [4.69, 9.17) is 14.6 Å². The van der Waals surface area contributed by atoms with Crippen LogP contribution in [0.3, 0.4) is 0 Å². The van der Waals surface area contributed by atoms with Gasteiger partial charge in [0.25, 0.3) is 5.91 Å². The highest BCUT2D eigenvalue weighted by atomic mass is 16.5. The van der Waals surface area contributed by atoms with Crippen LogP contribution in [0.2, 0.25) is 0 Å². The third-order valence-corrected chi connectivity index (χ3v) is 4.89. The number of aliphatic carboxylic acids is 1. The number of fused-ring (bicyclic) bond motifs is 1. The third-order valence-electron chi connectivity index (χ3n) is 4.89. The first-order valence-corrected chi connectivity index (χ1v) is 9.96. The fourth-order valence-corrected chi connectivity index (χ4v) is 3.21. The number of nitriles is 1. The van der Waals surface area contributed by atoms with E-state index < -0.39 is 18.0 Å². The number of para-hydroxylation sites is 2. The molecule has 1 atom stereocenters. The maximum absolute atomic E-state index is 12.6. The van der Waals surface area contributed by atoms with Crippen LogP contribution in [0.4, 0.5) is 0 Å². The Balaban J connectivity index is 1.75. The summed E-state index contributed by atoms with van der Waals surface area (Å²) in [5.74, 6) is -1.25. The van der Waals surface area contributed by atoms with Crippen LogP contribution in [0.5, 0.6) is 11.5 Å². The first kappa shape index (κ1) is 22.4. The van der Waals surface area contributed by atoms with Crippen LogP contribution in [-0.4, -0.2) is 41.7 Å². The normalized spacial score (nSPS) is 12.1. The first-order chi connectivity index (χ1) is 15.4. The number of hydrogen-bond acceptors (Lipinski definition) is 5. The van der Waals surface area contributed by atoms with Gasteiger partial charge in [-0.1, -0.05) is 30.3 Å². The summed E-state index contributed by atoms with van der Waals surface area (Å²) < 4.78 is 10.8. The zero-order valence-electron chi connectivity index (χ0n) is 17.7. The molecule has 3 rings (SSSR count). The van der Waals surface area contributed by atoms with Crippen molar-refractivity contribution in [2.24, 2.45) is 0 Å². The molecule has 0 unspecified atom stereocenters. The second-order valence-corrected chi connectivity index (χ2v) is 7.01. The predicted molar refractivity (Wildman–Crippen MR) is 119 cm³/mol. The van der Waals surface area contributed by atoms with Crippen molar-refractivity contribution in [1.82, 2.24) is 10.3 Å². The van der Waals surface area contributed by atoms with Gasteiger partial charge in [-0.15, -0.1) is 0 Å². The molecule has 0 saturated carbocycles. The lowest BCUT2D eigenvalue weighted by Crippen LogP contribution is -2.26. The summed E-state index contributed by atoms with van der Waals surface area (Å²) in [6, 6.07) is 14.7. The lowest BCUT2D eigenvalue weighted by atomic mass is 10.1. The number of aromatic amines is 1. The molecule has 1 aromatic heterocycles. The van der Waals surface area contributed by atoms with Crippen LogP contribution in [0.25, 0.3) is 17.0 Å². The summed E-state index contributed by atoms with van der Waals surface area (Å²) in [5, 5.41) is 22.5. The van der Waals surface area contributed by atoms with Crippen LogP contribution < -0.4 is 14.8 Å². The highest BCUT2D eigenvalue weighted by Gasteiger charge is 2.19. The average molecular weight is 433 g/mol. The molecule has 0 saturated heterocycles. The van der Waals surface area contributed by atoms with Crippen molar-refractivity contribution in [3.63, 3.8) is 0 Å². The van der Waals surface area contributed by atoms with Crippen LogP contribution in [0, 0.1) is 11.3 Å². The number of carbonyl (C=O) groups excluding carboxylic acids is 1. The Hall–Kier alpha value is -4.25. The molecule has 164 valence electrons. The van der Waals surface area contributed by atoms with Crippen LogP contribution in [0.1, 0.15) is 18.1 Å². The molecule has 8 heteroatoms. The number of nitrogens with zero attached hydrogens (tertiary/aromatic N) is 1. The minimum absolute atomic E-state index is 0.134. The predicted octanol–water partition coefficient (Wildman–Crippen LogP) is 3.29. The number of ether oxygens (including phenoxy) is 2. The van der Waals surface area contributed by atoms with Crippen molar-refractivity contribution >= 4 is 28.9 Å². The molecule has 0 spiro atoms. The molecule has 0 radical (unpaired) electrons. The molecular weight excluding hydrogens is 410 g/mol. The summed E-state index contributed by atoms with van der Waals surface area (Å²) >= 11 is 0. The van der Waals surface area contributed by atoms with Gasteiger partial charge in [0, 0.05) is 29.2 Å². The monoisotopic (exact) mass is 433 g/mol. The number of aromatic nitrogens is 1. The van der Waals surface area contributed by atoms with E-state index in [1.54, 1.807) is 18.2 Å². The zero-order chi connectivity index (χ0) is 23.1. The number of carboxylic acid groups (broad SMARTS) is 1. The van der Waals surface area contributed by atoms with Gasteiger partial charge in [-0.25, -0.2) is 4.79 Å². The van der Waals surface area contributed by atoms with Gasteiger partial charge in [-0.2, -0.15) is 5.26 Å². The second kappa shape index (κ2) is 10.2. The number of nitrogens with one attached hydrogen (secondary N) is 2. The zero-order valence-corrected chi connectivity index (χ0v) is 17.7. The van der Waals surface area contributed by atoms with Gasteiger partial charge in [0.05, 0.1) is 7.11 Å². The lowest BCUT2D eigenvalue weighted by Gasteiger charge is -2.16. The Labute approximate surface area is 185 Å². The fourth-order valence-electron chi connectivity index (χ4n) is 3.21. The number of hydrogen-bond donors (Lipinski definition) is 3. The van der Waals surface area contributed by atoms with Crippen molar-refractivity contribution < 1.29 is 24.2 Å². The van der Waals surface area contributed by atoms with E-state index in [0.29, 0.717) is 24.3 Å². The van der Waals surface area contributed by atoms with Gasteiger partial charge in [0.15, 0.2) is 17.6 Å². The number of carboxylic acids is 1. The van der Waals surface area contributed by atoms with Crippen molar-refractivity contribution in [1.29, 1.82) is 5.26 Å². The topological polar surface area (TPSA) is 124 Å². The van der Waals surface area contributed by atoms with E-state index in [-0.39, 0.29) is 11.3 Å². The first-order valence-electron chi connectivity index (χ1n) is 9.96. The minimum atomic E-state index is -1.15. The van der Waals surface area contributed by atoms with Crippen molar-refractivity contribution in [3.05, 3.63) is 65.4 Å².